The third-order valence-electron chi connectivity index (χ3n) is 6.95. The van der Waals surface area contributed by atoms with Gasteiger partial charge in [0.15, 0.2) is 11.5 Å². The van der Waals surface area contributed by atoms with Crippen LogP contribution in [0.1, 0.15) is 24.8 Å². The minimum Gasteiger partial charge on any atom is -0.497 e. The van der Waals surface area contributed by atoms with E-state index in [1.807, 2.05) is 36.4 Å². The number of fused-ring (bicyclic) bond motifs is 1. The van der Waals surface area contributed by atoms with E-state index in [1.54, 1.807) is 25.3 Å². The Hall–Kier alpha value is -3.65. The molecule has 2 aromatic heterocycles. The van der Waals surface area contributed by atoms with E-state index in [0.717, 1.165) is 36.3 Å². The molecule has 0 bridgehead atoms. The van der Waals surface area contributed by atoms with Gasteiger partial charge in [-0.15, -0.1) is 0 Å². The highest BCUT2D eigenvalue weighted by molar-refractivity contribution is 6.30. The third kappa shape index (κ3) is 4.73. The first-order chi connectivity index (χ1) is 17.4. The van der Waals surface area contributed by atoms with E-state index >= 15 is 0 Å². The Kier molecular flexibility index (Phi) is 6.78. The van der Waals surface area contributed by atoms with Gasteiger partial charge in [-0.1, -0.05) is 35.9 Å². The predicted octanol–water partition coefficient (Wildman–Crippen LogP) is 4.77. The molecular weight excluding hydrogens is 478 g/mol. The van der Waals surface area contributed by atoms with Crippen LogP contribution in [0.3, 0.4) is 0 Å². The lowest BCUT2D eigenvalue weighted by atomic mass is 9.90. The maximum Gasteiger partial charge on any atom is 0.338 e. The Morgan fingerprint density at radius 2 is 1.89 bits per heavy atom. The molecule has 4 aromatic rings. The van der Waals surface area contributed by atoms with Crippen molar-refractivity contribution >= 4 is 28.8 Å². The van der Waals surface area contributed by atoms with Gasteiger partial charge in [-0.3, -0.25) is 4.57 Å². The lowest BCUT2D eigenvalue weighted by Gasteiger charge is -2.31. The number of hydrogen-bond donors (Lipinski definition) is 0. The van der Waals surface area contributed by atoms with Crippen molar-refractivity contribution in [2.45, 2.75) is 25.7 Å². The number of benzene rings is 2. The molecule has 0 spiro atoms. The Morgan fingerprint density at radius 1 is 1.14 bits per heavy atom. The van der Waals surface area contributed by atoms with Crippen molar-refractivity contribution in [1.82, 2.24) is 24.0 Å². The number of likely N-dealkylation sites (tertiary alicyclic amines) is 1. The van der Waals surface area contributed by atoms with E-state index in [2.05, 4.69) is 22.1 Å². The highest BCUT2D eigenvalue weighted by atomic mass is 35.5. The first kappa shape index (κ1) is 24.1. The number of rotatable bonds is 5. The second kappa shape index (κ2) is 10.1. The standard InChI is InChI=1S/C27H28ClN5O3/c1-31-25-23(17-29-24(30-25)20-4-3-5-22(16-20)36-2)33(26(31)34)27(35)32-14-12-19(13-15-32)7-6-18-8-10-21(28)11-9-18/h3-5,8-11,16-17,19H,6-7,12-15H2,1-2H3. The number of carbonyl (C=O) groups excluding carboxylic acids is 1. The maximum atomic E-state index is 13.4. The zero-order chi connectivity index (χ0) is 25.2. The van der Waals surface area contributed by atoms with E-state index < -0.39 is 5.69 Å². The van der Waals surface area contributed by atoms with Gasteiger partial charge in [0.05, 0.1) is 13.3 Å². The van der Waals surface area contributed by atoms with Gasteiger partial charge >= 0.3 is 11.7 Å². The molecule has 0 unspecified atom stereocenters. The summed E-state index contributed by atoms with van der Waals surface area (Å²) < 4.78 is 7.88. The fraction of sp³-hybridized carbons (Fsp3) is 0.333. The van der Waals surface area contributed by atoms with Crippen molar-refractivity contribution in [2.75, 3.05) is 20.2 Å². The summed E-state index contributed by atoms with van der Waals surface area (Å²) in [5.74, 6) is 1.69. The van der Waals surface area contributed by atoms with Crippen LogP contribution in [0, 0.1) is 5.92 Å². The van der Waals surface area contributed by atoms with Gasteiger partial charge in [0.25, 0.3) is 0 Å². The number of imidazole rings is 1. The van der Waals surface area contributed by atoms with Crippen LogP contribution in [0.15, 0.2) is 59.5 Å². The predicted molar refractivity (Wildman–Crippen MR) is 140 cm³/mol. The molecule has 5 rings (SSSR count). The molecular formula is C27H28ClN5O3. The largest absolute Gasteiger partial charge is 0.497 e. The maximum absolute atomic E-state index is 13.4. The fourth-order valence-electron chi connectivity index (χ4n) is 4.78. The van der Waals surface area contributed by atoms with Crippen molar-refractivity contribution < 1.29 is 9.53 Å². The second-order valence-electron chi connectivity index (χ2n) is 9.19. The summed E-state index contributed by atoms with van der Waals surface area (Å²) in [6.45, 7) is 1.24. The molecule has 1 saturated heterocycles. The Balaban J connectivity index is 1.30. The van der Waals surface area contributed by atoms with E-state index in [4.69, 9.17) is 16.3 Å². The average Bonchev–Trinajstić information content (AvgIpc) is 3.17. The highest BCUT2D eigenvalue weighted by Gasteiger charge is 2.27. The first-order valence-corrected chi connectivity index (χ1v) is 12.4. The quantitative estimate of drug-likeness (QED) is 0.390. The molecule has 1 fully saturated rings. The van der Waals surface area contributed by atoms with Crippen molar-refractivity contribution in [3.05, 3.63) is 75.8 Å². The van der Waals surface area contributed by atoms with Gasteiger partial charge in [-0.2, -0.15) is 0 Å². The zero-order valence-corrected chi connectivity index (χ0v) is 21.1. The summed E-state index contributed by atoms with van der Waals surface area (Å²) >= 11 is 5.98. The normalized spacial score (nSPS) is 14.4. The van der Waals surface area contributed by atoms with Crippen LogP contribution in [0.4, 0.5) is 4.79 Å². The van der Waals surface area contributed by atoms with Crippen LogP contribution >= 0.6 is 11.6 Å². The summed E-state index contributed by atoms with van der Waals surface area (Å²) in [5, 5.41) is 0.746. The molecule has 2 aromatic carbocycles. The van der Waals surface area contributed by atoms with Gasteiger partial charge in [0.1, 0.15) is 11.3 Å². The van der Waals surface area contributed by atoms with Gasteiger partial charge in [0.2, 0.25) is 0 Å². The van der Waals surface area contributed by atoms with E-state index in [1.165, 1.54) is 14.7 Å². The molecule has 0 radical (unpaired) electrons. The smallest absolute Gasteiger partial charge is 0.338 e. The highest BCUT2D eigenvalue weighted by Crippen LogP contribution is 2.25. The van der Waals surface area contributed by atoms with Gasteiger partial charge in [0, 0.05) is 30.7 Å². The lowest BCUT2D eigenvalue weighted by molar-refractivity contribution is 0.169. The molecule has 9 heteroatoms. The summed E-state index contributed by atoms with van der Waals surface area (Å²) in [6.07, 6.45) is 5.43. The Labute approximate surface area is 214 Å². The summed E-state index contributed by atoms with van der Waals surface area (Å²) in [6, 6.07) is 15.1. The van der Waals surface area contributed by atoms with E-state index in [-0.39, 0.29) is 6.03 Å². The van der Waals surface area contributed by atoms with Crippen molar-refractivity contribution in [2.24, 2.45) is 13.0 Å². The Morgan fingerprint density at radius 3 is 2.61 bits per heavy atom. The molecule has 1 aliphatic rings. The number of hydrogen-bond acceptors (Lipinski definition) is 5. The number of ether oxygens (including phenoxy) is 1. The Bertz CT molecular complexity index is 1450. The van der Waals surface area contributed by atoms with Gasteiger partial charge in [-0.05, 0) is 61.4 Å². The topological polar surface area (TPSA) is 82.2 Å². The minimum atomic E-state index is -0.419. The van der Waals surface area contributed by atoms with Crippen molar-refractivity contribution in [3.63, 3.8) is 0 Å². The molecule has 0 saturated carbocycles. The van der Waals surface area contributed by atoms with Crippen molar-refractivity contribution in [3.8, 4) is 17.1 Å². The first-order valence-electron chi connectivity index (χ1n) is 12.1. The van der Waals surface area contributed by atoms with Crippen LogP contribution in [-0.4, -0.2) is 50.2 Å². The average molecular weight is 506 g/mol. The van der Waals surface area contributed by atoms with Crippen LogP contribution in [0.5, 0.6) is 5.75 Å². The molecule has 0 N–H and O–H groups in total. The number of carbonyl (C=O) groups is 1. The summed E-state index contributed by atoms with van der Waals surface area (Å²) in [4.78, 5) is 37.2. The fourth-order valence-corrected chi connectivity index (χ4v) is 4.90. The van der Waals surface area contributed by atoms with Crippen LogP contribution in [-0.2, 0) is 13.5 Å². The van der Waals surface area contributed by atoms with Gasteiger partial charge < -0.3 is 9.64 Å². The number of piperidine rings is 1. The molecule has 0 aliphatic carbocycles. The monoisotopic (exact) mass is 505 g/mol. The molecule has 3 heterocycles. The molecule has 36 heavy (non-hydrogen) atoms. The van der Waals surface area contributed by atoms with Crippen molar-refractivity contribution in [1.29, 1.82) is 0 Å². The number of methoxy groups -OCH3 is 1. The zero-order valence-electron chi connectivity index (χ0n) is 20.4. The number of halogens is 1. The number of aryl methyl sites for hydroxylation is 2. The molecule has 8 nitrogen and oxygen atoms in total. The third-order valence-corrected chi connectivity index (χ3v) is 7.20. The minimum absolute atomic E-state index is 0.320. The summed E-state index contributed by atoms with van der Waals surface area (Å²) in [7, 11) is 3.22. The molecule has 1 aliphatic heterocycles. The van der Waals surface area contributed by atoms with Crippen LogP contribution in [0.2, 0.25) is 5.02 Å². The van der Waals surface area contributed by atoms with Gasteiger partial charge in [-0.25, -0.2) is 24.1 Å². The van der Waals surface area contributed by atoms with E-state index in [9.17, 15) is 9.59 Å². The summed E-state index contributed by atoms with van der Waals surface area (Å²) in [5.41, 5.74) is 2.44. The number of nitrogens with zero attached hydrogens (tertiary/aromatic N) is 5. The van der Waals surface area contributed by atoms with E-state index in [0.29, 0.717) is 41.7 Å². The second-order valence-corrected chi connectivity index (χ2v) is 9.63. The molecule has 1 amide bonds. The number of amides is 1. The molecule has 0 atom stereocenters. The molecule has 186 valence electrons. The number of aromatic nitrogens is 4. The lowest BCUT2D eigenvalue weighted by Crippen LogP contribution is -2.44. The SMILES string of the molecule is COc1cccc(-c2ncc3c(n2)n(C)c(=O)n3C(=O)N2CCC(CCc3ccc(Cl)cc3)CC2)c1. The van der Waals surface area contributed by atoms with Crippen LogP contribution < -0.4 is 10.4 Å². The van der Waals surface area contributed by atoms with Crippen LogP contribution in [0.25, 0.3) is 22.6 Å².